The number of nitrogens with zero attached hydrogens (tertiary/aromatic N) is 1. The van der Waals surface area contributed by atoms with Crippen LogP contribution in [-0.4, -0.2) is 44.1 Å². The van der Waals surface area contributed by atoms with E-state index >= 15 is 0 Å². The van der Waals surface area contributed by atoms with Gasteiger partial charge in [0.2, 0.25) is 0 Å². The Bertz CT molecular complexity index is 974. The molecule has 33 heavy (non-hydrogen) atoms. The first kappa shape index (κ1) is 22.4. The van der Waals surface area contributed by atoms with Gasteiger partial charge in [-0.3, -0.25) is 0 Å². The Labute approximate surface area is 203 Å². The summed E-state index contributed by atoms with van der Waals surface area (Å²) in [5.41, 5.74) is -0.674. The van der Waals surface area contributed by atoms with E-state index < -0.39 is 32.6 Å². The third kappa shape index (κ3) is 5.95. The quantitative estimate of drug-likeness (QED) is 0.429. The van der Waals surface area contributed by atoms with E-state index in [0.29, 0.717) is 19.4 Å². The largest absolute Gasteiger partial charge is 0.444 e. The van der Waals surface area contributed by atoms with Gasteiger partial charge in [0, 0.05) is 6.54 Å². The summed E-state index contributed by atoms with van der Waals surface area (Å²) in [4.78, 5) is 14.7. The van der Waals surface area contributed by atoms with Gasteiger partial charge in [0.05, 0.1) is 15.3 Å². The van der Waals surface area contributed by atoms with Gasteiger partial charge in [0.1, 0.15) is 5.60 Å². The van der Waals surface area contributed by atoms with Gasteiger partial charge >= 0.3 is 6.09 Å². The molecule has 1 aliphatic heterocycles. The van der Waals surface area contributed by atoms with E-state index in [9.17, 15) is 7.54 Å². The third-order valence-electron chi connectivity index (χ3n) is 5.83. The Hall–Kier alpha value is -2.37. The summed E-state index contributed by atoms with van der Waals surface area (Å²) >= 11 is 0. The Balaban J connectivity index is 2.13. The summed E-state index contributed by atoms with van der Waals surface area (Å²) in [7, 11) is -3.17. The van der Waals surface area contributed by atoms with Gasteiger partial charge < -0.3 is 14.1 Å². The van der Waals surface area contributed by atoms with E-state index in [2.05, 4.69) is 20.8 Å². The SMILES string of the molecule is [2H]C([2H])(O[Si](c1ccccc1)(c1ccccc1)C(C)(C)C)[C@@H]1CC=CCCN1C(=O)OC(C)(C)C. The van der Waals surface area contributed by atoms with Crippen LogP contribution >= 0.6 is 0 Å². The van der Waals surface area contributed by atoms with Crippen molar-refractivity contribution in [2.75, 3.05) is 13.1 Å². The van der Waals surface area contributed by atoms with Crippen LogP contribution in [0.5, 0.6) is 0 Å². The van der Waals surface area contributed by atoms with Crippen LogP contribution in [-0.2, 0) is 9.16 Å². The third-order valence-corrected chi connectivity index (χ3v) is 10.7. The average Bonchev–Trinajstić information content (AvgIpc) is 3.04. The Morgan fingerprint density at radius 1 is 0.970 bits per heavy atom. The van der Waals surface area contributed by atoms with Gasteiger partial charge in [-0.2, -0.15) is 0 Å². The molecule has 2 aromatic rings. The molecular weight excluding hydrogens is 426 g/mol. The van der Waals surface area contributed by atoms with E-state index in [1.807, 2.05) is 93.6 Å². The number of hydrogen-bond acceptors (Lipinski definition) is 3. The molecule has 3 rings (SSSR count). The maximum Gasteiger partial charge on any atom is 0.410 e. The van der Waals surface area contributed by atoms with Crippen molar-refractivity contribution in [2.45, 2.75) is 71.1 Å². The van der Waals surface area contributed by atoms with Crippen molar-refractivity contribution in [1.29, 1.82) is 0 Å². The number of hydrogen-bond donors (Lipinski definition) is 0. The molecular formula is C28H39NO3Si. The minimum Gasteiger partial charge on any atom is -0.444 e. The molecule has 0 bridgehead atoms. The molecule has 0 spiro atoms. The fourth-order valence-corrected chi connectivity index (χ4v) is 8.54. The molecule has 1 atom stereocenters. The average molecular weight is 468 g/mol. The molecule has 1 aliphatic rings. The lowest BCUT2D eigenvalue weighted by Crippen LogP contribution is -2.67. The number of rotatable bonds is 5. The second kappa shape index (κ2) is 10.3. The predicted molar refractivity (Wildman–Crippen MR) is 139 cm³/mol. The van der Waals surface area contributed by atoms with E-state index in [-0.39, 0.29) is 5.04 Å². The minimum atomic E-state index is -3.17. The van der Waals surface area contributed by atoms with Gasteiger partial charge in [-0.15, -0.1) is 0 Å². The van der Waals surface area contributed by atoms with Crippen LogP contribution in [0.15, 0.2) is 72.8 Å². The molecule has 0 fully saturated rings. The lowest BCUT2D eigenvalue weighted by atomic mass is 10.2. The fourth-order valence-electron chi connectivity index (χ4n) is 4.30. The summed E-state index contributed by atoms with van der Waals surface area (Å²) < 4.78 is 31.1. The minimum absolute atomic E-state index is 0.352. The molecule has 178 valence electrons. The van der Waals surface area contributed by atoms with Crippen LogP contribution in [0.4, 0.5) is 4.79 Å². The van der Waals surface area contributed by atoms with Gasteiger partial charge in [0.15, 0.2) is 0 Å². The Kier molecular flexibility index (Phi) is 6.98. The second-order valence-corrected chi connectivity index (χ2v) is 14.8. The normalized spacial score (nSPS) is 18.8. The van der Waals surface area contributed by atoms with E-state index in [4.69, 9.17) is 9.16 Å². The Morgan fingerprint density at radius 2 is 1.52 bits per heavy atom. The first-order chi connectivity index (χ1) is 16.3. The van der Waals surface area contributed by atoms with Crippen LogP contribution in [0, 0.1) is 0 Å². The first-order valence-corrected chi connectivity index (χ1v) is 13.6. The molecule has 0 unspecified atom stereocenters. The summed E-state index contributed by atoms with van der Waals surface area (Å²) in [6.45, 7) is 10.1. The number of carbonyl (C=O) groups is 1. The van der Waals surface area contributed by atoms with Crippen LogP contribution in [0.2, 0.25) is 5.04 Å². The van der Waals surface area contributed by atoms with Crippen molar-refractivity contribution in [3.8, 4) is 0 Å². The van der Waals surface area contributed by atoms with E-state index in [0.717, 1.165) is 10.4 Å². The topological polar surface area (TPSA) is 38.8 Å². The van der Waals surface area contributed by atoms with Crippen molar-refractivity contribution < 1.29 is 16.7 Å². The summed E-state index contributed by atoms with van der Waals surface area (Å²) in [5.74, 6) is 0. The van der Waals surface area contributed by atoms with Gasteiger partial charge in [0.25, 0.3) is 8.32 Å². The fraction of sp³-hybridized carbons (Fsp3) is 0.464. The van der Waals surface area contributed by atoms with Crippen molar-refractivity contribution >= 4 is 24.8 Å². The van der Waals surface area contributed by atoms with Gasteiger partial charge in [-0.1, -0.05) is 93.6 Å². The van der Waals surface area contributed by atoms with Crippen molar-refractivity contribution in [1.82, 2.24) is 4.90 Å². The van der Waals surface area contributed by atoms with E-state index in [1.165, 1.54) is 4.90 Å². The molecule has 5 heteroatoms. The summed E-state index contributed by atoms with van der Waals surface area (Å²) in [6, 6.07) is 19.2. The maximum atomic E-state index is 13.2. The zero-order valence-corrected chi connectivity index (χ0v) is 21.8. The molecule has 0 aromatic heterocycles. The lowest BCUT2D eigenvalue weighted by molar-refractivity contribution is 0.0117. The zero-order valence-electron chi connectivity index (χ0n) is 22.8. The monoisotopic (exact) mass is 467 g/mol. The molecule has 0 radical (unpaired) electrons. The van der Waals surface area contributed by atoms with Crippen molar-refractivity contribution in [2.24, 2.45) is 0 Å². The number of amides is 1. The van der Waals surface area contributed by atoms with Gasteiger partial charge in [-0.05, 0) is 49.0 Å². The summed E-state index contributed by atoms with van der Waals surface area (Å²) in [6.07, 6.45) is 4.42. The predicted octanol–water partition coefficient (Wildman–Crippen LogP) is 5.52. The van der Waals surface area contributed by atoms with Gasteiger partial charge in [-0.25, -0.2) is 4.79 Å². The molecule has 0 aliphatic carbocycles. The number of benzene rings is 2. The first-order valence-electron chi connectivity index (χ1n) is 12.7. The van der Waals surface area contributed by atoms with E-state index in [1.54, 1.807) is 0 Å². The molecule has 1 amide bonds. The molecule has 4 nitrogen and oxygen atoms in total. The second-order valence-electron chi connectivity index (χ2n) is 10.6. The van der Waals surface area contributed by atoms with Crippen LogP contribution in [0.1, 0.15) is 57.1 Å². The van der Waals surface area contributed by atoms with Crippen molar-refractivity contribution in [3.63, 3.8) is 0 Å². The summed E-state index contributed by atoms with van der Waals surface area (Å²) in [5, 5.41) is 1.60. The molecule has 0 saturated heterocycles. The molecule has 0 N–H and O–H groups in total. The Morgan fingerprint density at radius 3 is 2.00 bits per heavy atom. The standard InChI is InChI=1S/C28H39NO3Si/c1-27(2,3)32-26(30)29-21-15-9-10-16-23(29)22-31-33(28(4,5)6,24-17-11-7-12-18-24)25-19-13-8-14-20-25/h7-14,17-20,23H,15-16,21-22H2,1-6H3/t23-/m0/s1/i22D2. The maximum absolute atomic E-state index is 13.2. The van der Waals surface area contributed by atoms with Crippen molar-refractivity contribution in [3.05, 3.63) is 72.8 Å². The highest BCUT2D eigenvalue weighted by molar-refractivity contribution is 6.99. The highest BCUT2D eigenvalue weighted by atomic mass is 28.4. The molecule has 1 heterocycles. The molecule has 0 saturated carbocycles. The molecule has 2 aromatic carbocycles. The van der Waals surface area contributed by atoms with Crippen LogP contribution in [0.25, 0.3) is 0 Å². The van der Waals surface area contributed by atoms with Crippen LogP contribution < -0.4 is 10.4 Å². The lowest BCUT2D eigenvalue weighted by Gasteiger charge is -2.44. The van der Waals surface area contributed by atoms with Crippen LogP contribution in [0.3, 0.4) is 0 Å². The number of ether oxygens (including phenoxy) is 1. The number of carbonyl (C=O) groups excluding carboxylic acids is 1. The highest BCUT2D eigenvalue weighted by Crippen LogP contribution is 2.37. The smallest absolute Gasteiger partial charge is 0.410 e. The highest BCUT2D eigenvalue weighted by Gasteiger charge is 2.50. The zero-order chi connectivity index (χ0) is 25.9.